The number of rotatable bonds is 3. The second kappa shape index (κ2) is 4.18. The van der Waals surface area contributed by atoms with E-state index in [0.29, 0.717) is 5.56 Å². The van der Waals surface area contributed by atoms with E-state index in [2.05, 4.69) is 10.1 Å². The van der Waals surface area contributed by atoms with Crippen molar-refractivity contribution in [3.05, 3.63) is 23.9 Å². The Morgan fingerprint density at radius 3 is 2.94 bits per heavy atom. The van der Waals surface area contributed by atoms with Gasteiger partial charge < -0.3 is 13.7 Å². The minimum atomic E-state index is -0.598. The SMILES string of the molecule is CCOC(=O)c1noc(-c2cocc2C)n1. The van der Waals surface area contributed by atoms with Crippen LogP contribution in [0.25, 0.3) is 11.5 Å². The van der Waals surface area contributed by atoms with Crippen molar-refractivity contribution in [2.24, 2.45) is 0 Å². The summed E-state index contributed by atoms with van der Waals surface area (Å²) >= 11 is 0. The molecule has 0 N–H and O–H groups in total. The van der Waals surface area contributed by atoms with Crippen LogP contribution in [0, 0.1) is 6.92 Å². The van der Waals surface area contributed by atoms with Crippen LogP contribution < -0.4 is 0 Å². The highest BCUT2D eigenvalue weighted by molar-refractivity contribution is 5.85. The molecule has 84 valence electrons. The first-order valence-electron chi connectivity index (χ1n) is 4.76. The number of aromatic nitrogens is 2. The Balaban J connectivity index is 2.26. The van der Waals surface area contributed by atoms with Crippen LogP contribution in [0.2, 0.25) is 0 Å². The van der Waals surface area contributed by atoms with Crippen molar-refractivity contribution in [2.45, 2.75) is 13.8 Å². The summed E-state index contributed by atoms with van der Waals surface area (Å²) in [7, 11) is 0. The maximum atomic E-state index is 11.3. The lowest BCUT2D eigenvalue weighted by atomic mass is 10.2. The first-order chi connectivity index (χ1) is 7.72. The quantitative estimate of drug-likeness (QED) is 0.737. The van der Waals surface area contributed by atoms with Crippen molar-refractivity contribution >= 4 is 5.97 Å². The third-order valence-corrected chi connectivity index (χ3v) is 1.97. The van der Waals surface area contributed by atoms with Gasteiger partial charge in [-0.2, -0.15) is 4.98 Å². The molecule has 0 aromatic carbocycles. The molecule has 0 radical (unpaired) electrons. The first kappa shape index (κ1) is 10.4. The standard InChI is InChI=1S/C10H10N2O4/c1-3-15-10(13)8-11-9(16-12-8)7-5-14-4-6(7)2/h4-5H,3H2,1-2H3. The maximum Gasteiger partial charge on any atom is 0.379 e. The fourth-order valence-corrected chi connectivity index (χ4v) is 1.19. The summed E-state index contributed by atoms with van der Waals surface area (Å²) in [6, 6.07) is 0. The lowest BCUT2D eigenvalue weighted by Crippen LogP contribution is -2.06. The fourth-order valence-electron chi connectivity index (χ4n) is 1.19. The number of hydrogen-bond acceptors (Lipinski definition) is 6. The van der Waals surface area contributed by atoms with E-state index in [1.807, 2.05) is 6.92 Å². The predicted octanol–water partition coefficient (Wildman–Crippen LogP) is 1.81. The zero-order valence-electron chi connectivity index (χ0n) is 8.89. The number of ether oxygens (including phenoxy) is 1. The lowest BCUT2D eigenvalue weighted by Gasteiger charge is -1.93. The molecule has 0 spiro atoms. The fraction of sp³-hybridized carbons (Fsp3) is 0.300. The molecule has 2 heterocycles. The van der Waals surface area contributed by atoms with E-state index in [1.54, 1.807) is 13.2 Å². The molecule has 0 bridgehead atoms. The molecule has 0 aliphatic heterocycles. The third kappa shape index (κ3) is 1.81. The zero-order chi connectivity index (χ0) is 11.5. The minimum Gasteiger partial charge on any atom is -0.471 e. The Morgan fingerprint density at radius 1 is 1.50 bits per heavy atom. The molecule has 0 aliphatic rings. The van der Waals surface area contributed by atoms with Crippen molar-refractivity contribution < 1.29 is 18.5 Å². The summed E-state index contributed by atoms with van der Waals surface area (Å²) in [4.78, 5) is 15.2. The van der Waals surface area contributed by atoms with Crippen molar-refractivity contribution in [3.63, 3.8) is 0 Å². The maximum absolute atomic E-state index is 11.3. The van der Waals surface area contributed by atoms with E-state index in [9.17, 15) is 4.79 Å². The molecule has 0 atom stereocenters. The highest BCUT2D eigenvalue weighted by Gasteiger charge is 2.18. The largest absolute Gasteiger partial charge is 0.471 e. The molecule has 2 aromatic rings. The van der Waals surface area contributed by atoms with E-state index in [1.165, 1.54) is 6.26 Å². The van der Waals surface area contributed by atoms with E-state index in [-0.39, 0.29) is 18.3 Å². The molecule has 2 rings (SSSR count). The Bertz CT molecular complexity index is 500. The van der Waals surface area contributed by atoms with Crippen LogP contribution in [-0.2, 0) is 4.74 Å². The second-order valence-electron chi connectivity index (χ2n) is 3.11. The molecular formula is C10H10N2O4. The van der Waals surface area contributed by atoms with Gasteiger partial charge in [-0.1, -0.05) is 0 Å². The average molecular weight is 222 g/mol. The highest BCUT2D eigenvalue weighted by Crippen LogP contribution is 2.22. The van der Waals surface area contributed by atoms with Crippen LogP contribution >= 0.6 is 0 Å². The van der Waals surface area contributed by atoms with Crippen molar-refractivity contribution in [3.8, 4) is 11.5 Å². The monoisotopic (exact) mass is 222 g/mol. The number of carbonyl (C=O) groups is 1. The summed E-state index contributed by atoms with van der Waals surface area (Å²) in [5.41, 5.74) is 1.53. The highest BCUT2D eigenvalue weighted by atomic mass is 16.5. The van der Waals surface area contributed by atoms with Gasteiger partial charge in [0.05, 0.1) is 18.4 Å². The van der Waals surface area contributed by atoms with Crippen LogP contribution in [0.5, 0.6) is 0 Å². The summed E-state index contributed by atoms with van der Waals surface area (Å²) < 4.78 is 14.6. The van der Waals surface area contributed by atoms with Crippen LogP contribution in [0.15, 0.2) is 21.5 Å². The number of aryl methyl sites for hydroxylation is 1. The molecule has 0 amide bonds. The van der Waals surface area contributed by atoms with Gasteiger partial charge >= 0.3 is 5.97 Å². The van der Waals surface area contributed by atoms with Crippen LogP contribution in [0.3, 0.4) is 0 Å². The van der Waals surface area contributed by atoms with Gasteiger partial charge in [0, 0.05) is 0 Å². The number of esters is 1. The van der Waals surface area contributed by atoms with Crippen LogP contribution in [0.1, 0.15) is 23.1 Å². The van der Waals surface area contributed by atoms with Crippen molar-refractivity contribution in [2.75, 3.05) is 6.61 Å². The van der Waals surface area contributed by atoms with Gasteiger partial charge in [-0.3, -0.25) is 0 Å². The second-order valence-corrected chi connectivity index (χ2v) is 3.11. The molecule has 0 saturated heterocycles. The van der Waals surface area contributed by atoms with E-state index in [0.717, 1.165) is 5.56 Å². The van der Waals surface area contributed by atoms with Crippen LogP contribution in [-0.4, -0.2) is 22.7 Å². The molecule has 16 heavy (non-hydrogen) atoms. The third-order valence-electron chi connectivity index (χ3n) is 1.97. The number of hydrogen-bond donors (Lipinski definition) is 0. The normalized spacial score (nSPS) is 10.4. The first-order valence-corrected chi connectivity index (χ1v) is 4.76. The molecular weight excluding hydrogens is 212 g/mol. The van der Waals surface area contributed by atoms with Gasteiger partial charge in [0.1, 0.15) is 6.26 Å². The predicted molar refractivity (Wildman–Crippen MR) is 52.7 cm³/mol. The molecule has 2 aromatic heterocycles. The van der Waals surface area contributed by atoms with Crippen LogP contribution in [0.4, 0.5) is 0 Å². The molecule has 0 fully saturated rings. The van der Waals surface area contributed by atoms with E-state index in [4.69, 9.17) is 13.7 Å². The van der Waals surface area contributed by atoms with Crippen molar-refractivity contribution in [1.29, 1.82) is 0 Å². The smallest absolute Gasteiger partial charge is 0.379 e. The van der Waals surface area contributed by atoms with Gasteiger partial charge in [-0.15, -0.1) is 0 Å². The molecule has 0 aliphatic carbocycles. The van der Waals surface area contributed by atoms with E-state index < -0.39 is 5.97 Å². The number of nitrogens with zero attached hydrogens (tertiary/aromatic N) is 2. The molecule has 6 heteroatoms. The number of furan rings is 1. The Morgan fingerprint density at radius 2 is 2.31 bits per heavy atom. The average Bonchev–Trinajstić information content (AvgIpc) is 2.86. The summed E-state index contributed by atoms with van der Waals surface area (Å²) in [5, 5.41) is 3.53. The molecule has 0 unspecified atom stereocenters. The van der Waals surface area contributed by atoms with Gasteiger partial charge in [0.25, 0.3) is 11.7 Å². The zero-order valence-corrected chi connectivity index (χ0v) is 8.89. The number of carbonyl (C=O) groups excluding carboxylic acids is 1. The summed E-state index contributed by atoms with van der Waals surface area (Å²) in [5.74, 6) is -0.439. The summed E-state index contributed by atoms with van der Waals surface area (Å²) in [6.45, 7) is 3.82. The van der Waals surface area contributed by atoms with Gasteiger partial charge in [0.2, 0.25) is 0 Å². The summed E-state index contributed by atoms with van der Waals surface area (Å²) in [6.07, 6.45) is 3.04. The molecule has 0 saturated carbocycles. The van der Waals surface area contributed by atoms with E-state index >= 15 is 0 Å². The van der Waals surface area contributed by atoms with Gasteiger partial charge in [-0.25, -0.2) is 4.79 Å². The Kier molecular flexibility index (Phi) is 2.72. The Hall–Kier alpha value is -2.11. The topological polar surface area (TPSA) is 78.4 Å². The van der Waals surface area contributed by atoms with Gasteiger partial charge in [-0.05, 0) is 24.6 Å². The van der Waals surface area contributed by atoms with Gasteiger partial charge in [0.15, 0.2) is 0 Å². The Labute approximate surface area is 91.2 Å². The minimum absolute atomic E-state index is 0.0857. The lowest BCUT2D eigenvalue weighted by molar-refractivity contribution is 0.0508. The molecule has 6 nitrogen and oxygen atoms in total. The van der Waals surface area contributed by atoms with Crippen molar-refractivity contribution in [1.82, 2.24) is 10.1 Å².